The molecule has 3 aromatic rings. The Balaban J connectivity index is 2.06. The van der Waals surface area contributed by atoms with Gasteiger partial charge in [0.1, 0.15) is 11.0 Å². The quantitative estimate of drug-likeness (QED) is 0.703. The molecule has 0 unspecified atom stereocenters. The number of fused-ring (bicyclic) bond motifs is 1. The molecule has 0 aromatic heterocycles. The fraction of sp³-hybridized carbons (Fsp3) is 0.100. The van der Waals surface area contributed by atoms with Gasteiger partial charge in [0.25, 0.3) is 0 Å². The number of sulfone groups is 1. The second-order valence-electron chi connectivity index (χ2n) is 6.32. The number of hydrogen-bond acceptors (Lipinski definition) is 3. The van der Waals surface area contributed by atoms with Gasteiger partial charge in [-0.05, 0) is 23.8 Å². The van der Waals surface area contributed by atoms with Crippen LogP contribution in [-0.4, -0.2) is 17.9 Å². The molecule has 28 heavy (non-hydrogen) atoms. The highest BCUT2D eigenvalue weighted by Crippen LogP contribution is 2.52. The van der Waals surface area contributed by atoms with Gasteiger partial charge in [-0.1, -0.05) is 66.7 Å². The van der Waals surface area contributed by atoms with E-state index in [9.17, 15) is 12.6 Å². The maximum atomic E-state index is 16.0. The van der Waals surface area contributed by atoms with Gasteiger partial charge in [-0.15, -0.1) is 0 Å². The Bertz CT molecular complexity index is 1150. The van der Waals surface area contributed by atoms with Crippen LogP contribution in [0.15, 0.2) is 94.7 Å². The first kappa shape index (κ1) is 18.9. The summed E-state index contributed by atoms with van der Waals surface area (Å²) in [5.74, 6) is 0. The SMILES string of the molecule is O=[S@@]1N[C@@](c2ccccc2)(C(F)(F)S(=O)(=O)c2ccccc2)c2ccccc21. The van der Waals surface area contributed by atoms with Crippen molar-refractivity contribution in [2.24, 2.45) is 0 Å². The van der Waals surface area contributed by atoms with E-state index < -0.39 is 36.5 Å². The molecule has 4 nitrogen and oxygen atoms in total. The van der Waals surface area contributed by atoms with E-state index in [4.69, 9.17) is 0 Å². The van der Waals surface area contributed by atoms with E-state index in [1.165, 1.54) is 54.6 Å². The standard InChI is InChI=1S/C20H15F2NO3S2/c21-20(22,28(25,26)16-11-5-2-6-12-16)19(15-9-3-1-4-10-15)17-13-7-8-14-18(17)27(24)23-19/h1-14,23H/t19-,27+/m1/s1. The van der Waals surface area contributed by atoms with Crippen molar-refractivity contribution in [2.75, 3.05) is 0 Å². The lowest BCUT2D eigenvalue weighted by atomic mass is 9.84. The third-order valence-electron chi connectivity index (χ3n) is 4.77. The van der Waals surface area contributed by atoms with Crippen molar-refractivity contribution in [1.82, 2.24) is 4.72 Å². The fourth-order valence-electron chi connectivity index (χ4n) is 3.42. The van der Waals surface area contributed by atoms with Crippen molar-refractivity contribution in [3.63, 3.8) is 0 Å². The van der Waals surface area contributed by atoms with E-state index in [0.29, 0.717) is 0 Å². The van der Waals surface area contributed by atoms with Gasteiger partial charge in [-0.25, -0.2) is 17.3 Å². The highest BCUT2D eigenvalue weighted by molar-refractivity contribution is 7.92. The summed E-state index contributed by atoms with van der Waals surface area (Å²) in [6.45, 7) is 0. The van der Waals surface area contributed by atoms with E-state index in [-0.39, 0.29) is 16.0 Å². The summed E-state index contributed by atoms with van der Waals surface area (Å²) in [5, 5.41) is -4.33. The number of rotatable bonds is 4. The Kier molecular flexibility index (Phi) is 4.45. The van der Waals surface area contributed by atoms with Gasteiger partial charge < -0.3 is 0 Å². The van der Waals surface area contributed by atoms with Crippen LogP contribution < -0.4 is 4.72 Å². The molecule has 1 heterocycles. The van der Waals surface area contributed by atoms with Crippen LogP contribution in [0.1, 0.15) is 11.1 Å². The first-order valence-electron chi connectivity index (χ1n) is 8.34. The number of halogens is 2. The van der Waals surface area contributed by atoms with Crippen LogP contribution in [0.4, 0.5) is 8.78 Å². The zero-order valence-corrected chi connectivity index (χ0v) is 16.0. The van der Waals surface area contributed by atoms with Crippen molar-refractivity contribution in [2.45, 2.75) is 20.6 Å². The highest BCUT2D eigenvalue weighted by Gasteiger charge is 2.68. The number of alkyl halides is 2. The summed E-state index contributed by atoms with van der Waals surface area (Å²) in [5.41, 5.74) is -2.51. The van der Waals surface area contributed by atoms with Gasteiger partial charge in [0, 0.05) is 5.56 Å². The van der Waals surface area contributed by atoms with Crippen molar-refractivity contribution in [3.05, 3.63) is 96.1 Å². The van der Waals surface area contributed by atoms with Gasteiger partial charge in [0.15, 0.2) is 5.54 Å². The molecule has 0 amide bonds. The predicted molar refractivity (Wildman–Crippen MR) is 102 cm³/mol. The lowest BCUT2D eigenvalue weighted by Crippen LogP contribution is -2.57. The Morgan fingerprint density at radius 3 is 2.00 bits per heavy atom. The Morgan fingerprint density at radius 1 is 0.821 bits per heavy atom. The van der Waals surface area contributed by atoms with Crippen LogP contribution in [0.3, 0.4) is 0 Å². The molecule has 0 radical (unpaired) electrons. The minimum Gasteiger partial charge on any atom is -0.237 e. The van der Waals surface area contributed by atoms with Crippen LogP contribution in [0.25, 0.3) is 0 Å². The molecule has 0 fully saturated rings. The van der Waals surface area contributed by atoms with Gasteiger partial charge in [-0.3, -0.25) is 0 Å². The average Bonchev–Trinajstić information content (AvgIpc) is 3.03. The maximum absolute atomic E-state index is 16.0. The van der Waals surface area contributed by atoms with Crippen LogP contribution in [-0.2, 0) is 26.4 Å². The second kappa shape index (κ2) is 6.58. The number of nitrogens with one attached hydrogen (secondary N) is 1. The van der Waals surface area contributed by atoms with Crippen LogP contribution in [0, 0.1) is 0 Å². The average molecular weight is 419 g/mol. The van der Waals surface area contributed by atoms with Gasteiger partial charge in [0.2, 0.25) is 9.84 Å². The summed E-state index contributed by atoms with van der Waals surface area (Å²) in [6.07, 6.45) is 0. The van der Waals surface area contributed by atoms with Crippen LogP contribution >= 0.6 is 0 Å². The molecule has 0 aliphatic carbocycles. The summed E-state index contributed by atoms with van der Waals surface area (Å²) >= 11 is 0. The van der Waals surface area contributed by atoms with Crippen LogP contribution in [0.5, 0.6) is 0 Å². The third-order valence-corrected chi connectivity index (χ3v) is 7.89. The molecular formula is C20H15F2NO3S2. The smallest absolute Gasteiger partial charge is 0.237 e. The van der Waals surface area contributed by atoms with E-state index in [1.54, 1.807) is 18.2 Å². The first-order valence-corrected chi connectivity index (χ1v) is 11.0. The van der Waals surface area contributed by atoms with Gasteiger partial charge >= 0.3 is 5.25 Å². The Hall–Kier alpha value is -2.42. The molecule has 1 N–H and O–H groups in total. The molecule has 0 spiro atoms. The van der Waals surface area contributed by atoms with Gasteiger partial charge in [0.05, 0.1) is 9.79 Å². The maximum Gasteiger partial charge on any atom is 0.376 e. The zero-order chi connectivity index (χ0) is 20.0. The number of hydrogen-bond donors (Lipinski definition) is 1. The summed E-state index contributed by atoms with van der Waals surface area (Å²) in [6, 6.07) is 20.0. The lowest BCUT2D eigenvalue weighted by molar-refractivity contribution is 0.0166. The summed E-state index contributed by atoms with van der Waals surface area (Å²) in [4.78, 5) is -0.374. The highest BCUT2D eigenvalue weighted by atomic mass is 32.2. The minimum absolute atomic E-state index is 0.0119. The van der Waals surface area contributed by atoms with Crippen molar-refractivity contribution < 1.29 is 21.4 Å². The lowest BCUT2D eigenvalue weighted by Gasteiger charge is -2.37. The molecule has 0 bridgehead atoms. The fourth-order valence-corrected chi connectivity index (χ4v) is 6.35. The topological polar surface area (TPSA) is 63.2 Å². The largest absolute Gasteiger partial charge is 0.376 e. The molecule has 144 valence electrons. The second-order valence-corrected chi connectivity index (χ2v) is 9.49. The third kappa shape index (κ3) is 2.48. The molecular weight excluding hydrogens is 404 g/mol. The molecule has 2 atom stereocenters. The molecule has 1 aliphatic heterocycles. The first-order chi connectivity index (χ1) is 13.3. The molecule has 1 aliphatic rings. The monoisotopic (exact) mass is 419 g/mol. The molecule has 3 aromatic carbocycles. The van der Waals surface area contributed by atoms with Crippen LogP contribution in [0.2, 0.25) is 0 Å². The van der Waals surface area contributed by atoms with Crippen molar-refractivity contribution in [3.8, 4) is 0 Å². The Morgan fingerprint density at radius 2 is 1.36 bits per heavy atom. The zero-order valence-electron chi connectivity index (χ0n) is 14.4. The number of benzene rings is 3. The Labute approximate surface area is 163 Å². The van der Waals surface area contributed by atoms with E-state index in [1.807, 2.05) is 0 Å². The molecule has 8 heteroatoms. The molecule has 4 rings (SSSR count). The summed E-state index contributed by atoms with van der Waals surface area (Å²) in [7, 11) is -7.12. The molecule has 0 saturated carbocycles. The normalized spacial score (nSPS) is 22.0. The van der Waals surface area contributed by atoms with Crippen molar-refractivity contribution >= 4 is 20.8 Å². The predicted octanol–water partition coefficient (Wildman–Crippen LogP) is 3.62. The van der Waals surface area contributed by atoms with Gasteiger partial charge in [-0.2, -0.15) is 8.78 Å². The summed E-state index contributed by atoms with van der Waals surface area (Å²) < 4.78 is 73.1. The van der Waals surface area contributed by atoms with Crippen molar-refractivity contribution in [1.29, 1.82) is 0 Å². The molecule has 0 saturated heterocycles. The van der Waals surface area contributed by atoms with E-state index in [0.717, 1.165) is 12.1 Å². The van der Waals surface area contributed by atoms with E-state index >= 15 is 8.78 Å². The minimum atomic E-state index is -5.12. The van der Waals surface area contributed by atoms with E-state index in [2.05, 4.69) is 4.72 Å².